The van der Waals surface area contributed by atoms with E-state index < -0.39 is 17.8 Å². The molecule has 148 valence electrons. The van der Waals surface area contributed by atoms with Crippen molar-refractivity contribution in [2.24, 2.45) is 7.05 Å². The number of benzene rings is 1. The molecule has 2 heterocycles. The molecule has 0 aliphatic heterocycles. The van der Waals surface area contributed by atoms with Crippen molar-refractivity contribution in [2.75, 3.05) is 0 Å². The number of aryl methyl sites for hydroxylation is 1. The lowest BCUT2D eigenvalue weighted by molar-refractivity contribution is -0.143. The Morgan fingerprint density at radius 3 is 2.36 bits per heavy atom. The lowest BCUT2D eigenvalue weighted by atomic mass is 10.1. The molecule has 2 aromatic heterocycles. The molecule has 0 aliphatic rings. The van der Waals surface area contributed by atoms with Crippen LogP contribution in [0.3, 0.4) is 0 Å². The summed E-state index contributed by atoms with van der Waals surface area (Å²) in [6, 6.07) is 6.58. The predicted octanol–water partition coefficient (Wildman–Crippen LogP) is 3.06. The smallest absolute Gasteiger partial charge is 0.303 e. The van der Waals surface area contributed by atoms with Crippen LogP contribution in [-0.2, 0) is 23.2 Å². The Morgan fingerprint density at radius 1 is 1.14 bits per heavy atom. The molecule has 0 atom stereocenters. The van der Waals surface area contributed by atoms with Gasteiger partial charge in [0.1, 0.15) is 5.82 Å². The molecular weight excluding hydrogens is 391 g/mol. The summed E-state index contributed by atoms with van der Waals surface area (Å²) >= 11 is 5.79. The number of carboxylic acids is 2. The molecule has 0 fully saturated rings. The first kappa shape index (κ1) is 21.1. The molecule has 1 aromatic carbocycles. The Labute approximate surface area is 164 Å². The van der Waals surface area contributed by atoms with Crippen LogP contribution in [0, 0.1) is 5.82 Å². The molecule has 0 saturated heterocycles. The van der Waals surface area contributed by atoms with Crippen molar-refractivity contribution in [1.29, 1.82) is 0 Å². The second-order valence-corrected chi connectivity index (χ2v) is 6.23. The van der Waals surface area contributed by atoms with E-state index in [1.165, 1.54) is 6.07 Å². The lowest BCUT2D eigenvalue weighted by Crippen LogP contribution is -2.01. The standard InChI is InChI=1S/C14H12ClFN4.C4H6O4/c1-19-5-4-12(18-19)9-20-8-11(7-17-20)10-2-3-14(16)13(15)6-10;5-3(6)1-2-4(7)8/h2-8H,9H2,1H3;1-2H2,(H,5,6)(H,7,8). The van der Waals surface area contributed by atoms with Crippen LogP contribution in [0.25, 0.3) is 11.1 Å². The van der Waals surface area contributed by atoms with E-state index in [0.717, 1.165) is 16.8 Å². The van der Waals surface area contributed by atoms with Crippen molar-refractivity contribution in [3.8, 4) is 11.1 Å². The summed E-state index contributed by atoms with van der Waals surface area (Å²) in [6.07, 6.45) is 4.91. The molecule has 0 aliphatic carbocycles. The van der Waals surface area contributed by atoms with E-state index in [1.807, 2.05) is 25.5 Å². The van der Waals surface area contributed by atoms with Gasteiger partial charge in [-0.15, -0.1) is 0 Å². The van der Waals surface area contributed by atoms with Crippen LogP contribution < -0.4 is 0 Å². The number of aromatic nitrogens is 4. The van der Waals surface area contributed by atoms with Gasteiger partial charge >= 0.3 is 11.9 Å². The molecule has 0 bridgehead atoms. The van der Waals surface area contributed by atoms with Crippen LogP contribution >= 0.6 is 11.6 Å². The number of hydrogen-bond donors (Lipinski definition) is 2. The van der Waals surface area contributed by atoms with Gasteiger partial charge in [0.05, 0.1) is 36.3 Å². The number of aliphatic carboxylic acids is 2. The van der Waals surface area contributed by atoms with Crippen LogP contribution in [-0.4, -0.2) is 41.7 Å². The van der Waals surface area contributed by atoms with Gasteiger partial charge in [-0.1, -0.05) is 17.7 Å². The van der Waals surface area contributed by atoms with Gasteiger partial charge < -0.3 is 10.2 Å². The van der Waals surface area contributed by atoms with Crippen LogP contribution in [0.15, 0.2) is 42.9 Å². The van der Waals surface area contributed by atoms with E-state index in [4.69, 9.17) is 21.8 Å². The number of nitrogens with zero attached hydrogens (tertiary/aromatic N) is 4. The van der Waals surface area contributed by atoms with Gasteiger partial charge in [-0.05, 0) is 23.8 Å². The quantitative estimate of drug-likeness (QED) is 0.648. The lowest BCUT2D eigenvalue weighted by Gasteiger charge is -1.99. The summed E-state index contributed by atoms with van der Waals surface area (Å²) < 4.78 is 16.7. The fourth-order valence-electron chi connectivity index (χ4n) is 2.20. The van der Waals surface area contributed by atoms with Gasteiger partial charge in [-0.25, -0.2) is 4.39 Å². The largest absolute Gasteiger partial charge is 0.481 e. The van der Waals surface area contributed by atoms with Gasteiger partial charge in [0.25, 0.3) is 0 Å². The highest BCUT2D eigenvalue weighted by molar-refractivity contribution is 6.31. The molecule has 28 heavy (non-hydrogen) atoms. The Morgan fingerprint density at radius 2 is 1.82 bits per heavy atom. The fraction of sp³-hybridized carbons (Fsp3) is 0.222. The number of carboxylic acid groups (broad SMARTS) is 2. The van der Waals surface area contributed by atoms with Gasteiger partial charge in [0, 0.05) is 25.0 Å². The number of hydrogen-bond acceptors (Lipinski definition) is 4. The van der Waals surface area contributed by atoms with Crippen LogP contribution in [0.4, 0.5) is 4.39 Å². The molecule has 0 radical (unpaired) electrons. The van der Waals surface area contributed by atoms with E-state index in [1.54, 1.807) is 27.7 Å². The molecule has 0 spiro atoms. The SMILES string of the molecule is Cn1ccc(Cn2cc(-c3ccc(F)c(Cl)c3)cn2)n1.O=C(O)CCC(=O)O. The van der Waals surface area contributed by atoms with Gasteiger partial charge in [-0.3, -0.25) is 19.0 Å². The highest BCUT2D eigenvalue weighted by Crippen LogP contribution is 2.24. The van der Waals surface area contributed by atoms with E-state index in [9.17, 15) is 14.0 Å². The van der Waals surface area contributed by atoms with Crippen molar-refractivity contribution in [3.63, 3.8) is 0 Å². The Balaban J connectivity index is 0.000000300. The van der Waals surface area contributed by atoms with E-state index in [-0.39, 0.29) is 17.9 Å². The van der Waals surface area contributed by atoms with E-state index in [2.05, 4.69) is 10.2 Å². The minimum absolute atomic E-state index is 0.111. The first-order valence-electron chi connectivity index (χ1n) is 8.14. The summed E-state index contributed by atoms with van der Waals surface area (Å²) in [5.74, 6) is -2.57. The maximum absolute atomic E-state index is 13.1. The monoisotopic (exact) mass is 408 g/mol. The average molecular weight is 409 g/mol. The molecule has 2 N–H and O–H groups in total. The average Bonchev–Trinajstić information content (AvgIpc) is 3.25. The minimum atomic E-state index is -1.08. The van der Waals surface area contributed by atoms with Crippen molar-refractivity contribution in [2.45, 2.75) is 19.4 Å². The number of rotatable bonds is 6. The number of carbonyl (C=O) groups is 2. The summed E-state index contributed by atoms with van der Waals surface area (Å²) in [7, 11) is 1.87. The summed E-state index contributed by atoms with van der Waals surface area (Å²) in [5, 5.41) is 24.5. The van der Waals surface area contributed by atoms with Gasteiger partial charge in [-0.2, -0.15) is 10.2 Å². The second kappa shape index (κ2) is 9.65. The first-order valence-corrected chi connectivity index (χ1v) is 8.52. The summed E-state index contributed by atoms with van der Waals surface area (Å²) in [5.41, 5.74) is 2.66. The maximum atomic E-state index is 13.1. The third-order valence-electron chi connectivity index (χ3n) is 3.53. The predicted molar refractivity (Wildman–Crippen MR) is 99.4 cm³/mol. The third kappa shape index (κ3) is 6.51. The van der Waals surface area contributed by atoms with Crippen molar-refractivity contribution >= 4 is 23.5 Å². The van der Waals surface area contributed by atoms with Crippen LogP contribution in [0.2, 0.25) is 5.02 Å². The molecule has 3 rings (SSSR count). The topological polar surface area (TPSA) is 110 Å². The molecule has 0 unspecified atom stereocenters. The van der Waals surface area contributed by atoms with Crippen molar-refractivity contribution in [1.82, 2.24) is 19.6 Å². The number of halogens is 2. The molecule has 3 aromatic rings. The highest BCUT2D eigenvalue weighted by atomic mass is 35.5. The van der Waals surface area contributed by atoms with Gasteiger partial charge in [0.15, 0.2) is 0 Å². The normalized spacial score (nSPS) is 10.2. The van der Waals surface area contributed by atoms with Crippen molar-refractivity contribution in [3.05, 3.63) is 59.4 Å². The molecule has 0 amide bonds. The van der Waals surface area contributed by atoms with Crippen molar-refractivity contribution < 1.29 is 24.2 Å². The zero-order chi connectivity index (χ0) is 20.7. The summed E-state index contributed by atoms with van der Waals surface area (Å²) in [6.45, 7) is 0.593. The Hall–Kier alpha value is -3.20. The highest BCUT2D eigenvalue weighted by Gasteiger charge is 2.06. The Bertz CT molecular complexity index is 956. The summed E-state index contributed by atoms with van der Waals surface area (Å²) in [4.78, 5) is 19.3. The molecule has 0 saturated carbocycles. The maximum Gasteiger partial charge on any atom is 0.303 e. The zero-order valence-corrected chi connectivity index (χ0v) is 15.7. The second-order valence-electron chi connectivity index (χ2n) is 5.82. The minimum Gasteiger partial charge on any atom is -0.481 e. The molecule has 8 nitrogen and oxygen atoms in total. The fourth-order valence-corrected chi connectivity index (χ4v) is 2.38. The molecular formula is C18H18ClFN4O4. The van der Waals surface area contributed by atoms with Gasteiger partial charge in [0.2, 0.25) is 0 Å². The first-order chi connectivity index (χ1) is 13.2. The van der Waals surface area contributed by atoms with E-state index >= 15 is 0 Å². The third-order valence-corrected chi connectivity index (χ3v) is 3.82. The molecule has 10 heteroatoms. The van der Waals surface area contributed by atoms with Crippen LogP contribution in [0.1, 0.15) is 18.5 Å². The van der Waals surface area contributed by atoms with Crippen LogP contribution in [0.5, 0.6) is 0 Å². The zero-order valence-electron chi connectivity index (χ0n) is 14.9. The van der Waals surface area contributed by atoms with E-state index in [0.29, 0.717) is 6.54 Å². The Kier molecular flexibility index (Phi) is 7.28.